The zero-order valence-corrected chi connectivity index (χ0v) is 13.6. The first kappa shape index (κ1) is 15.7. The normalized spacial score (nSPS) is 40.4. The molecule has 122 valence electrons. The van der Waals surface area contributed by atoms with Crippen molar-refractivity contribution in [1.82, 2.24) is 0 Å². The van der Waals surface area contributed by atoms with Crippen LogP contribution in [0.25, 0.3) is 0 Å². The second-order valence-corrected chi connectivity index (χ2v) is 7.59. The fraction of sp³-hybridized carbons (Fsp3) is 0.750. The van der Waals surface area contributed by atoms with E-state index in [0.29, 0.717) is 17.9 Å². The third-order valence-corrected chi connectivity index (χ3v) is 6.41. The highest BCUT2D eigenvalue weighted by molar-refractivity contribution is 6.69. The Morgan fingerprint density at radius 1 is 1.36 bits per heavy atom. The molecule has 2 bridgehead atoms. The van der Waals surface area contributed by atoms with Crippen molar-refractivity contribution in [2.24, 2.45) is 11.8 Å². The minimum absolute atomic E-state index is 0.0910. The van der Waals surface area contributed by atoms with Crippen molar-refractivity contribution < 1.29 is 23.7 Å². The van der Waals surface area contributed by atoms with E-state index in [1.165, 1.54) is 19.3 Å². The van der Waals surface area contributed by atoms with Crippen LogP contribution in [0, 0.1) is 11.8 Å². The van der Waals surface area contributed by atoms with Gasteiger partial charge in [-0.25, -0.2) is 0 Å². The summed E-state index contributed by atoms with van der Waals surface area (Å²) in [6.07, 6.45) is 5.90. The molecule has 0 aromatic rings. The Kier molecular flexibility index (Phi) is 3.72. The Bertz CT molecular complexity index is 530. The summed E-state index contributed by atoms with van der Waals surface area (Å²) in [5.41, 5.74) is 0.462. The summed E-state index contributed by atoms with van der Waals surface area (Å²) in [4.78, 5) is 24.4. The molecule has 1 saturated carbocycles. The first-order chi connectivity index (χ1) is 10.3. The van der Waals surface area contributed by atoms with E-state index < -0.39 is 18.6 Å². The number of carbonyl (C=O) groups excluding carboxylic acids is 2. The molecular formula is C16H26BNO4. The maximum absolute atomic E-state index is 12.3. The zero-order chi connectivity index (χ0) is 16.1. The lowest BCUT2D eigenvalue weighted by molar-refractivity contribution is -0.864. The van der Waals surface area contributed by atoms with Crippen molar-refractivity contribution in [1.29, 1.82) is 0 Å². The topological polar surface area (TPSA) is 63.6 Å². The van der Waals surface area contributed by atoms with Gasteiger partial charge < -0.3 is 14.1 Å². The van der Waals surface area contributed by atoms with Crippen LogP contribution in [0.3, 0.4) is 0 Å². The third kappa shape index (κ3) is 2.00. The van der Waals surface area contributed by atoms with Gasteiger partial charge in [-0.1, -0.05) is 31.7 Å². The number of hydrogen-bond donors (Lipinski definition) is 1. The van der Waals surface area contributed by atoms with Crippen LogP contribution in [0.15, 0.2) is 12.1 Å². The van der Waals surface area contributed by atoms with Gasteiger partial charge in [0.2, 0.25) is 5.78 Å². The largest absolute Gasteiger partial charge is 0.611 e. The first-order valence-corrected chi connectivity index (χ1v) is 8.46. The van der Waals surface area contributed by atoms with Gasteiger partial charge >= 0.3 is 6.69 Å². The number of Topliss-reactive ketones (excluding diaryl/α,β-unsaturated/α-hetero) is 1. The van der Waals surface area contributed by atoms with Gasteiger partial charge in [0.15, 0.2) is 5.92 Å². The Morgan fingerprint density at radius 2 is 2.00 bits per heavy atom. The molecule has 22 heavy (non-hydrogen) atoms. The predicted octanol–water partition coefficient (Wildman–Crippen LogP) is 1.57. The fourth-order valence-electron chi connectivity index (χ4n) is 4.93. The monoisotopic (exact) mass is 307 g/mol. The van der Waals surface area contributed by atoms with Crippen LogP contribution in [0.4, 0.5) is 0 Å². The summed E-state index contributed by atoms with van der Waals surface area (Å²) in [6.45, 7) is 5.69. The maximum atomic E-state index is 12.3. The van der Waals surface area contributed by atoms with Gasteiger partial charge in [-0.2, -0.15) is 0 Å². The first-order valence-electron chi connectivity index (χ1n) is 8.46. The van der Waals surface area contributed by atoms with Crippen molar-refractivity contribution in [2.45, 2.75) is 52.0 Å². The summed E-state index contributed by atoms with van der Waals surface area (Å²) < 4.78 is 5.63. The van der Waals surface area contributed by atoms with Gasteiger partial charge in [0.1, 0.15) is 6.54 Å². The van der Waals surface area contributed by atoms with Crippen molar-refractivity contribution in [3.8, 4) is 0 Å². The van der Waals surface area contributed by atoms with E-state index in [9.17, 15) is 14.6 Å². The molecule has 3 unspecified atom stereocenters. The molecule has 0 spiro atoms. The highest BCUT2D eigenvalue weighted by atomic mass is 16.6. The summed E-state index contributed by atoms with van der Waals surface area (Å²) >= 11 is 0. The van der Waals surface area contributed by atoms with Crippen molar-refractivity contribution in [3.05, 3.63) is 12.1 Å². The van der Waals surface area contributed by atoms with Crippen molar-refractivity contribution >= 4 is 18.4 Å². The molecule has 1 N–H and O–H groups in total. The molecule has 3 aliphatic rings. The minimum Gasteiger partial charge on any atom is -0.611 e. The van der Waals surface area contributed by atoms with Gasteiger partial charge in [-0.05, 0) is 19.8 Å². The van der Waals surface area contributed by atoms with E-state index in [4.69, 9.17) is 4.65 Å². The third-order valence-electron chi connectivity index (χ3n) is 6.41. The van der Waals surface area contributed by atoms with Crippen molar-refractivity contribution in [3.63, 3.8) is 0 Å². The number of allylic oxidation sites excluding steroid dienone is 1. The number of quaternary nitrogens is 1. The highest BCUT2D eigenvalue weighted by Crippen LogP contribution is 2.44. The molecule has 0 radical (unpaired) electrons. The molecule has 0 amide bonds. The lowest BCUT2D eigenvalue weighted by Crippen LogP contribution is -2.77. The summed E-state index contributed by atoms with van der Waals surface area (Å²) in [7, 11) is 0. The van der Waals surface area contributed by atoms with Crippen LogP contribution in [0.1, 0.15) is 46.0 Å². The number of fused-ring (bicyclic) bond motifs is 2. The lowest BCUT2D eigenvalue weighted by Gasteiger charge is -2.60. The van der Waals surface area contributed by atoms with E-state index in [1.807, 2.05) is 0 Å². The number of ketones is 1. The Morgan fingerprint density at radius 3 is 2.59 bits per heavy atom. The second kappa shape index (κ2) is 5.20. The van der Waals surface area contributed by atoms with Gasteiger partial charge in [0.05, 0.1) is 12.6 Å². The number of hydrogen-bond acceptors (Lipinski definition) is 4. The SMILES string of the molecule is C=C(C)[B-]1(O)OC(=O)C2C[N@+]1(C(C)C1CCCCC1)CC2=O. The number of nitrogens with zero attached hydrogens (tertiary/aromatic N) is 1. The van der Waals surface area contributed by atoms with Crippen LogP contribution in [0.2, 0.25) is 0 Å². The van der Waals surface area contributed by atoms with Crippen molar-refractivity contribution in [2.75, 3.05) is 13.1 Å². The molecule has 0 aromatic carbocycles. The molecule has 5 nitrogen and oxygen atoms in total. The minimum atomic E-state index is -2.56. The number of rotatable bonds is 3. The zero-order valence-electron chi connectivity index (χ0n) is 13.6. The van der Waals surface area contributed by atoms with Crippen LogP contribution in [-0.2, 0) is 14.2 Å². The van der Waals surface area contributed by atoms with Gasteiger partial charge in [-0.15, -0.1) is 6.58 Å². The highest BCUT2D eigenvalue weighted by Gasteiger charge is 2.66. The van der Waals surface area contributed by atoms with Gasteiger partial charge in [0.25, 0.3) is 5.97 Å². The van der Waals surface area contributed by atoms with E-state index in [-0.39, 0.29) is 22.8 Å². The molecule has 2 saturated heterocycles. The summed E-state index contributed by atoms with van der Waals surface area (Å²) in [5, 5.41) is 11.2. The van der Waals surface area contributed by atoms with E-state index in [0.717, 1.165) is 12.8 Å². The van der Waals surface area contributed by atoms with E-state index >= 15 is 0 Å². The molecular weight excluding hydrogens is 281 g/mol. The van der Waals surface area contributed by atoms with Gasteiger partial charge in [-0.3, -0.25) is 9.59 Å². The predicted molar refractivity (Wildman–Crippen MR) is 83.4 cm³/mol. The Balaban J connectivity index is 2.01. The van der Waals surface area contributed by atoms with Crippen LogP contribution in [0.5, 0.6) is 0 Å². The molecule has 3 fully saturated rings. The van der Waals surface area contributed by atoms with E-state index in [2.05, 4.69) is 13.5 Å². The molecule has 1 aliphatic carbocycles. The molecule has 4 atom stereocenters. The average molecular weight is 307 g/mol. The van der Waals surface area contributed by atoms with Crippen LogP contribution >= 0.6 is 0 Å². The molecule has 2 heterocycles. The summed E-state index contributed by atoms with van der Waals surface area (Å²) in [6, 6.07) is 0.101. The quantitative estimate of drug-likeness (QED) is 0.635. The molecule has 6 heteroatoms. The number of carbonyl (C=O) groups is 2. The molecule has 0 aromatic heterocycles. The second-order valence-electron chi connectivity index (χ2n) is 7.59. The Labute approximate surface area is 131 Å². The Hall–Kier alpha value is -1.14. The fourth-order valence-corrected chi connectivity index (χ4v) is 4.93. The molecule has 2 aliphatic heterocycles. The maximum Gasteiger partial charge on any atom is 0.551 e. The van der Waals surface area contributed by atoms with Crippen LogP contribution in [-0.4, -0.2) is 47.0 Å². The summed E-state index contributed by atoms with van der Waals surface area (Å²) in [5.74, 6) is -0.901. The average Bonchev–Trinajstić information content (AvgIpc) is 2.82. The van der Waals surface area contributed by atoms with Crippen LogP contribution < -0.4 is 0 Å². The van der Waals surface area contributed by atoms with E-state index in [1.54, 1.807) is 6.92 Å². The lowest BCUT2D eigenvalue weighted by atomic mass is 9.57. The van der Waals surface area contributed by atoms with Gasteiger partial charge in [0, 0.05) is 5.92 Å². The standard InChI is InChI=1S/C16H26BNO4/c1-11(2)17(21)18(12(3)13-7-5-4-6-8-13)9-14(15(19)10-18)16(20)22-17/h12-14,21H,1,4-10H2,2-3H3/t12?,14?,17?,18-/m1/s1. The smallest absolute Gasteiger partial charge is 0.551 e. The molecule has 3 rings (SSSR count).